The van der Waals surface area contributed by atoms with Crippen LogP contribution in [0.4, 0.5) is 0 Å². The Morgan fingerprint density at radius 2 is 1.97 bits per heavy atom. The van der Waals surface area contributed by atoms with Crippen LogP contribution >= 0.6 is 11.6 Å². The van der Waals surface area contributed by atoms with E-state index in [0.717, 1.165) is 28.4 Å². The van der Waals surface area contributed by atoms with Crippen molar-refractivity contribution in [1.82, 2.24) is 4.90 Å². The van der Waals surface area contributed by atoms with E-state index in [-0.39, 0.29) is 29.3 Å². The summed E-state index contributed by atoms with van der Waals surface area (Å²) in [7, 11) is 0. The zero-order chi connectivity index (χ0) is 20.4. The van der Waals surface area contributed by atoms with Crippen LogP contribution in [0, 0.1) is 11.3 Å². The maximum Gasteiger partial charge on any atom is 0.127 e. The van der Waals surface area contributed by atoms with Crippen LogP contribution in [0.15, 0.2) is 42.5 Å². The summed E-state index contributed by atoms with van der Waals surface area (Å²) in [6, 6.07) is 14.3. The van der Waals surface area contributed by atoms with Crippen molar-refractivity contribution in [1.29, 1.82) is 0 Å². The Morgan fingerprint density at radius 1 is 1.21 bits per heavy atom. The molecule has 0 bridgehead atoms. The second-order valence-electron chi connectivity index (χ2n) is 9.59. The summed E-state index contributed by atoms with van der Waals surface area (Å²) in [5.74, 6) is 1.25. The third-order valence-corrected chi connectivity index (χ3v) is 7.52. The summed E-state index contributed by atoms with van der Waals surface area (Å²) >= 11 is 6.43. The average molecular weight is 414 g/mol. The molecule has 1 saturated heterocycles. The third-order valence-electron chi connectivity index (χ3n) is 7.30. The lowest BCUT2D eigenvalue weighted by Gasteiger charge is -2.19. The van der Waals surface area contributed by atoms with Gasteiger partial charge in [-0.3, -0.25) is 4.90 Å². The number of rotatable bonds is 4. The van der Waals surface area contributed by atoms with E-state index in [0.29, 0.717) is 19.7 Å². The topological polar surface area (TPSA) is 52.9 Å². The predicted molar refractivity (Wildman–Crippen MR) is 113 cm³/mol. The van der Waals surface area contributed by atoms with E-state index < -0.39 is 6.10 Å². The monoisotopic (exact) mass is 413 g/mol. The summed E-state index contributed by atoms with van der Waals surface area (Å²) in [6.07, 6.45) is -0.450. The van der Waals surface area contributed by atoms with Crippen LogP contribution in [0.2, 0.25) is 5.02 Å². The van der Waals surface area contributed by atoms with Gasteiger partial charge in [-0.2, -0.15) is 0 Å². The van der Waals surface area contributed by atoms with Crippen molar-refractivity contribution in [2.45, 2.75) is 37.8 Å². The largest absolute Gasteiger partial charge is 0.492 e. The quantitative estimate of drug-likeness (QED) is 0.804. The fraction of sp³-hybridized carbons (Fsp3) is 0.500. The molecular weight excluding hydrogens is 386 g/mol. The Kier molecular flexibility index (Phi) is 4.48. The van der Waals surface area contributed by atoms with E-state index in [1.165, 1.54) is 5.56 Å². The van der Waals surface area contributed by atoms with Crippen molar-refractivity contribution in [2.24, 2.45) is 11.3 Å². The number of hydrogen-bond acceptors (Lipinski definition) is 4. The molecule has 4 atom stereocenters. The fourth-order valence-electron chi connectivity index (χ4n) is 5.79. The van der Waals surface area contributed by atoms with Crippen LogP contribution in [-0.4, -0.2) is 47.5 Å². The number of aliphatic hydroxyl groups is 2. The number of β-amino-alcohol motifs (C(OH)–C–C–N with tert-alkyl or cyclic N) is 1. The molecule has 0 amide bonds. The first-order chi connectivity index (χ1) is 13.9. The SMILES string of the molecule is CC1(C)COc2c(CN3C[C@H](O)[C@@]4(C3)[C@H](CO)[C@H]4c3ccccc3)cc(Cl)cc21. The zero-order valence-electron chi connectivity index (χ0n) is 16.9. The van der Waals surface area contributed by atoms with Gasteiger partial charge >= 0.3 is 0 Å². The van der Waals surface area contributed by atoms with Crippen LogP contribution in [0.25, 0.3) is 0 Å². The van der Waals surface area contributed by atoms with Gasteiger partial charge in [0, 0.05) is 53.2 Å². The van der Waals surface area contributed by atoms with E-state index in [4.69, 9.17) is 16.3 Å². The Hall–Kier alpha value is -1.59. The molecule has 2 N–H and O–H groups in total. The molecule has 2 fully saturated rings. The van der Waals surface area contributed by atoms with Crippen molar-refractivity contribution >= 4 is 11.6 Å². The maximum atomic E-state index is 11.0. The van der Waals surface area contributed by atoms with Gasteiger partial charge in [-0.1, -0.05) is 55.8 Å². The second kappa shape index (κ2) is 6.71. The number of nitrogens with zero attached hydrogens (tertiary/aromatic N) is 1. The molecule has 3 aliphatic rings. The Morgan fingerprint density at radius 3 is 2.69 bits per heavy atom. The van der Waals surface area contributed by atoms with E-state index in [9.17, 15) is 10.2 Å². The predicted octanol–water partition coefficient (Wildman–Crippen LogP) is 3.58. The highest BCUT2D eigenvalue weighted by Gasteiger charge is 2.70. The van der Waals surface area contributed by atoms with Crippen molar-refractivity contribution in [3.63, 3.8) is 0 Å². The highest BCUT2D eigenvalue weighted by molar-refractivity contribution is 6.30. The van der Waals surface area contributed by atoms with E-state index >= 15 is 0 Å². The minimum absolute atomic E-state index is 0.0440. The van der Waals surface area contributed by atoms with Crippen LogP contribution in [0.5, 0.6) is 5.75 Å². The van der Waals surface area contributed by atoms with E-state index in [1.54, 1.807) is 0 Å². The molecular formula is C24H28ClNO3. The van der Waals surface area contributed by atoms with Crippen molar-refractivity contribution in [3.8, 4) is 5.75 Å². The molecule has 29 heavy (non-hydrogen) atoms. The number of aliphatic hydroxyl groups excluding tert-OH is 2. The molecule has 0 unspecified atom stereocenters. The van der Waals surface area contributed by atoms with Gasteiger partial charge in [-0.15, -0.1) is 0 Å². The maximum absolute atomic E-state index is 11.0. The van der Waals surface area contributed by atoms with Gasteiger partial charge < -0.3 is 14.9 Å². The Balaban J connectivity index is 1.41. The van der Waals surface area contributed by atoms with Gasteiger partial charge in [-0.05, 0) is 29.5 Å². The molecule has 5 rings (SSSR count). The minimum Gasteiger partial charge on any atom is -0.492 e. The fourth-order valence-corrected chi connectivity index (χ4v) is 6.03. The summed E-state index contributed by atoms with van der Waals surface area (Å²) in [6.45, 7) is 7.17. The van der Waals surface area contributed by atoms with E-state index in [2.05, 4.69) is 30.9 Å². The lowest BCUT2D eigenvalue weighted by molar-refractivity contribution is 0.111. The summed E-state index contributed by atoms with van der Waals surface area (Å²) in [5, 5.41) is 21.8. The van der Waals surface area contributed by atoms with Crippen molar-refractivity contribution in [3.05, 3.63) is 64.2 Å². The first-order valence-electron chi connectivity index (χ1n) is 10.4. The number of ether oxygens (including phenoxy) is 1. The van der Waals surface area contributed by atoms with E-state index in [1.807, 2.05) is 30.3 Å². The number of halogens is 1. The molecule has 1 saturated carbocycles. The summed E-state index contributed by atoms with van der Waals surface area (Å²) in [4.78, 5) is 2.29. The molecule has 2 aromatic carbocycles. The highest BCUT2D eigenvalue weighted by atomic mass is 35.5. The van der Waals surface area contributed by atoms with Gasteiger partial charge in [0.15, 0.2) is 0 Å². The smallest absolute Gasteiger partial charge is 0.127 e. The molecule has 2 aromatic rings. The lowest BCUT2D eigenvalue weighted by Crippen LogP contribution is -2.23. The molecule has 2 aliphatic heterocycles. The van der Waals surface area contributed by atoms with Crippen LogP contribution in [0.3, 0.4) is 0 Å². The average Bonchev–Trinajstić information content (AvgIpc) is 3.09. The Bertz CT molecular complexity index is 931. The summed E-state index contributed by atoms with van der Waals surface area (Å²) in [5.41, 5.74) is 3.15. The van der Waals surface area contributed by atoms with Crippen LogP contribution in [0.1, 0.15) is 36.5 Å². The van der Waals surface area contributed by atoms with Crippen molar-refractivity contribution < 1.29 is 14.9 Å². The molecule has 154 valence electrons. The standard InChI is InChI=1S/C24H28ClNO3/c1-23(2)14-29-22-16(8-17(25)9-18(22)23)10-26-11-20(28)24(13-26)19(12-27)21(24)15-6-4-3-5-7-15/h3-9,19-21,27-28H,10-14H2,1-2H3/t19-,20+,21-,24-/m1/s1. The highest BCUT2D eigenvalue weighted by Crippen LogP contribution is 2.68. The van der Waals surface area contributed by atoms with Crippen molar-refractivity contribution in [2.75, 3.05) is 26.3 Å². The third kappa shape index (κ3) is 2.92. The number of fused-ring (bicyclic) bond motifs is 1. The van der Waals surface area contributed by atoms with Crippen LogP contribution < -0.4 is 4.74 Å². The molecule has 0 radical (unpaired) electrons. The molecule has 4 nitrogen and oxygen atoms in total. The molecule has 1 spiro atoms. The van der Waals surface area contributed by atoms with Gasteiger partial charge in [0.25, 0.3) is 0 Å². The number of hydrogen-bond donors (Lipinski definition) is 2. The molecule has 2 heterocycles. The van der Waals surface area contributed by atoms with Gasteiger partial charge in [0.1, 0.15) is 5.75 Å². The Labute approximate surface area is 177 Å². The minimum atomic E-state index is -0.450. The second-order valence-corrected chi connectivity index (χ2v) is 10.0. The number of benzene rings is 2. The van der Waals surface area contributed by atoms with Gasteiger partial charge in [-0.25, -0.2) is 0 Å². The first kappa shape index (κ1) is 19.4. The normalized spacial score (nSPS) is 32.4. The summed E-state index contributed by atoms with van der Waals surface area (Å²) < 4.78 is 6.05. The van der Waals surface area contributed by atoms with Gasteiger partial charge in [0.2, 0.25) is 0 Å². The van der Waals surface area contributed by atoms with Crippen LogP contribution in [-0.2, 0) is 12.0 Å². The zero-order valence-corrected chi connectivity index (χ0v) is 17.7. The first-order valence-corrected chi connectivity index (χ1v) is 10.8. The molecule has 5 heteroatoms. The van der Waals surface area contributed by atoms with Gasteiger partial charge in [0.05, 0.1) is 12.7 Å². The number of likely N-dealkylation sites (tertiary alicyclic amines) is 1. The molecule has 0 aromatic heterocycles. The lowest BCUT2D eigenvalue weighted by atomic mass is 9.86. The molecule has 1 aliphatic carbocycles.